The standard InChI is InChI=1S/C15H23N3O6S/c1-13-2-4-14(5-3-13)25(20,21)15(19)12-24-11-10-23-9-8-22-7-6-17-18-16/h2-5,15,19H,6-12H2,1H3/t15-/m1/s1. The molecule has 0 fully saturated rings. The third-order valence-corrected chi connectivity index (χ3v) is 4.89. The highest BCUT2D eigenvalue weighted by Gasteiger charge is 2.25. The van der Waals surface area contributed by atoms with Crippen molar-refractivity contribution in [3.05, 3.63) is 40.3 Å². The summed E-state index contributed by atoms with van der Waals surface area (Å²) in [4.78, 5) is 2.65. The monoisotopic (exact) mass is 373 g/mol. The van der Waals surface area contributed by atoms with Crippen LogP contribution in [0.15, 0.2) is 34.3 Å². The van der Waals surface area contributed by atoms with Gasteiger partial charge in [0.05, 0.1) is 44.5 Å². The fraction of sp³-hybridized carbons (Fsp3) is 0.600. The zero-order chi connectivity index (χ0) is 18.5. The molecular weight excluding hydrogens is 350 g/mol. The fourth-order valence-electron chi connectivity index (χ4n) is 1.75. The van der Waals surface area contributed by atoms with Gasteiger partial charge in [0.1, 0.15) is 0 Å². The van der Waals surface area contributed by atoms with Crippen LogP contribution in [0, 0.1) is 6.92 Å². The number of sulfone groups is 1. The highest BCUT2D eigenvalue weighted by Crippen LogP contribution is 2.15. The largest absolute Gasteiger partial charge is 0.379 e. The SMILES string of the molecule is Cc1ccc(S(=O)(=O)[C@@H](O)COCCOCCOCCN=[N+]=[N-])cc1. The third kappa shape index (κ3) is 8.30. The van der Waals surface area contributed by atoms with Crippen LogP contribution in [0.25, 0.3) is 10.4 Å². The van der Waals surface area contributed by atoms with Gasteiger partial charge in [-0.15, -0.1) is 0 Å². The van der Waals surface area contributed by atoms with Crippen molar-refractivity contribution < 1.29 is 27.7 Å². The van der Waals surface area contributed by atoms with Gasteiger partial charge in [0, 0.05) is 11.5 Å². The zero-order valence-corrected chi connectivity index (χ0v) is 14.9. The van der Waals surface area contributed by atoms with Gasteiger partial charge in [-0.1, -0.05) is 22.8 Å². The summed E-state index contributed by atoms with van der Waals surface area (Å²) in [6.45, 7) is 3.20. The Kier molecular flexibility index (Phi) is 10.1. The molecule has 0 amide bonds. The average molecular weight is 373 g/mol. The van der Waals surface area contributed by atoms with Crippen LogP contribution >= 0.6 is 0 Å². The molecule has 10 heteroatoms. The summed E-state index contributed by atoms with van der Waals surface area (Å²) in [5.74, 6) is 0. The summed E-state index contributed by atoms with van der Waals surface area (Å²) in [7, 11) is -3.83. The number of aliphatic hydroxyl groups is 1. The molecule has 0 aliphatic rings. The predicted molar refractivity (Wildman–Crippen MR) is 90.8 cm³/mol. The molecule has 0 aliphatic heterocycles. The smallest absolute Gasteiger partial charge is 0.207 e. The number of hydrogen-bond donors (Lipinski definition) is 1. The highest BCUT2D eigenvalue weighted by atomic mass is 32.2. The molecule has 1 aromatic carbocycles. The van der Waals surface area contributed by atoms with Crippen LogP contribution < -0.4 is 0 Å². The summed E-state index contributed by atoms with van der Waals surface area (Å²) >= 11 is 0. The number of hydrogen-bond acceptors (Lipinski definition) is 7. The van der Waals surface area contributed by atoms with Gasteiger partial charge in [0.25, 0.3) is 0 Å². The van der Waals surface area contributed by atoms with E-state index < -0.39 is 15.3 Å². The molecule has 1 aromatic rings. The minimum absolute atomic E-state index is 0.0586. The summed E-state index contributed by atoms with van der Waals surface area (Å²) in [5, 5.41) is 13.1. The lowest BCUT2D eigenvalue weighted by atomic mass is 10.2. The Hall–Kier alpha value is -1.68. The van der Waals surface area contributed by atoms with Crippen molar-refractivity contribution in [1.82, 2.24) is 0 Å². The summed E-state index contributed by atoms with van der Waals surface area (Å²) < 4.78 is 39.8. The van der Waals surface area contributed by atoms with Crippen molar-refractivity contribution >= 4 is 9.84 Å². The average Bonchev–Trinajstić information content (AvgIpc) is 2.59. The van der Waals surface area contributed by atoms with Gasteiger partial charge in [-0.25, -0.2) is 8.42 Å². The van der Waals surface area contributed by atoms with Crippen molar-refractivity contribution in [3.8, 4) is 0 Å². The van der Waals surface area contributed by atoms with E-state index in [0.29, 0.717) is 19.8 Å². The van der Waals surface area contributed by atoms with E-state index in [-0.39, 0.29) is 31.3 Å². The van der Waals surface area contributed by atoms with Crippen LogP contribution in [-0.2, 0) is 24.0 Å². The topological polar surface area (TPSA) is 131 Å². The van der Waals surface area contributed by atoms with Gasteiger partial charge in [-0.05, 0) is 24.6 Å². The second kappa shape index (κ2) is 11.8. The van der Waals surface area contributed by atoms with Gasteiger partial charge in [-0.3, -0.25) is 0 Å². The minimum Gasteiger partial charge on any atom is -0.379 e. The van der Waals surface area contributed by atoms with Crippen LogP contribution in [0.1, 0.15) is 5.56 Å². The molecule has 0 saturated heterocycles. The Labute approximate surface area is 147 Å². The molecule has 25 heavy (non-hydrogen) atoms. The number of nitrogens with zero attached hydrogens (tertiary/aromatic N) is 3. The molecule has 0 aliphatic carbocycles. The lowest BCUT2D eigenvalue weighted by molar-refractivity contribution is 0.00392. The molecule has 0 spiro atoms. The number of aryl methyl sites for hydroxylation is 1. The van der Waals surface area contributed by atoms with Crippen molar-refractivity contribution in [2.75, 3.05) is 46.2 Å². The van der Waals surface area contributed by atoms with E-state index in [1.165, 1.54) is 12.1 Å². The maximum Gasteiger partial charge on any atom is 0.207 e. The molecule has 1 atom stereocenters. The molecule has 0 radical (unpaired) electrons. The van der Waals surface area contributed by atoms with E-state index in [2.05, 4.69) is 10.0 Å². The van der Waals surface area contributed by atoms with E-state index in [1.807, 2.05) is 6.92 Å². The van der Waals surface area contributed by atoms with Crippen molar-refractivity contribution in [1.29, 1.82) is 0 Å². The molecule has 0 heterocycles. The molecule has 0 aromatic heterocycles. The first kappa shape index (κ1) is 21.4. The Morgan fingerprint density at radius 1 is 1.08 bits per heavy atom. The Morgan fingerprint density at radius 3 is 2.24 bits per heavy atom. The Bertz CT molecular complexity index is 644. The van der Waals surface area contributed by atoms with Crippen LogP contribution in [-0.4, -0.2) is 65.1 Å². The summed E-state index contributed by atoms with van der Waals surface area (Å²) in [6, 6.07) is 6.25. The quantitative estimate of drug-likeness (QED) is 0.241. The fourth-order valence-corrected chi connectivity index (χ4v) is 2.85. The zero-order valence-electron chi connectivity index (χ0n) is 14.1. The molecule has 1 rings (SSSR count). The second-order valence-corrected chi connectivity index (χ2v) is 7.17. The van der Waals surface area contributed by atoms with Gasteiger partial charge < -0.3 is 19.3 Å². The molecule has 1 N–H and O–H groups in total. The van der Waals surface area contributed by atoms with Crippen molar-refractivity contribution in [2.45, 2.75) is 17.3 Å². The van der Waals surface area contributed by atoms with Crippen LogP contribution in [0.4, 0.5) is 0 Å². The van der Waals surface area contributed by atoms with Crippen LogP contribution in [0.5, 0.6) is 0 Å². The lowest BCUT2D eigenvalue weighted by Crippen LogP contribution is -2.27. The lowest BCUT2D eigenvalue weighted by Gasteiger charge is -2.13. The molecule has 0 unspecified atom stereocenters. The van der Waals surface area contributed by atoms with Gasteiger partial charge in [0.15, 0.2) is 5.44 Å². The van der Waals surface area contributed by atoms with Gasteiger partial charge >= 0.3 is 0 Å². The van der Waals surface area contributed by atoms with E-state index in [9.17, 15) is 13.5 Å². The number of ether oxygens (including phenoxy) is 3. The second-order valence-electron chi connectivity index (χ2n) is 5.07. The number of aliphatic hydroxyl groups excluding tert-OH is 1. The predicted octanol–water partition coefficient (Wildman–Crippen LogP) is 1.45. The van der Waals surface area contributed by atoms with E-state index in [0.717, 1.165) is 5.56 Å². The molecule has 0 bridgehead atoms. The molecule has 9 nitrogen and oxygen atoms in total. The highest BCUT2D eigenvalue weighted by molar-refractivity contribution is 7.91. The normalized spacial score (nSPS) is 12.6. The maximum absolute atomic E-state index is 12.1. The Balaban J connectivity index is 2.15. The summed E-state index contributed by atoms with van der Waals surface area (Å²) in [6.07, 6.45) is 0. The summed E-state index contributed by atoms with van der Waals surface area (Å²) in [5.41, 5.74) is 7.37. The molecule has 0 saturated carbocycles. The maximum atomic E-state index is 12.1. The third-order valence-electron chi connectivity index (χ3n) is 3.11. The first-order valence-electron chi connectivity index (χ1n) is 7.71. The van der Waals surface area contributed by atoms with E-state index in [1.54, 1.807) is 12.1 Å². The molecule has 140 valence electrons. The van der Waals surface area contributed by atoms with E-state index >= 15 is 0 Å². The first-order chi connectivity index (χ1) is 12.0. The Morgan fingerprint density at radius 2 is 1.64 bits per heavy atom. The number of rotatable bonds is 13. The minimum atomic E-state index is -3.83. The molecular formula is C15H23N3O6S. The number of azide groups is 1. The van der Waals surface area contributed by atoms with Crippen LogP contribution in [0.2, 0.25) is 0 Å². The van der Waals surface area contributed by atoms with Crippen molar-refractivity contribution in [2.24, 2.45) is 5.11 Å². The first-order valence-corrected chi connectivity index (χ1v) is 9.26. The van der Waals surface area contributed by atoms with Crippen molar-refractivity contribution in [3.63, 3.8) is 0 Å². The van der Waals surface area contributed by atoms with E-state index in [4.69, 9.17) is 19.7 Å². The van der Waals surface area contributed by atoms with Gasteiger partial charge in [-0.2, -0.15) is 0 Å². The van der Waals surface area contributed by atoms with Gasteiger partial charge in [0.2, 0.25) is 9.84 Å². The number of benzene rings is 1. The van der Waals surface area contributed by atoms with Crippen LogP contribution in [0.3, 0.4) is 0 Å².